The Bertz CT molecular complexity index is 2270. The summed E-state index contributed by atoms with van der Waals surface area (Å²) in [7, 11) is 0. The van der Waals surface area contributed by atoms with Gasteiger partial charge in [0.2, 0.25) is 12.2 Å². The molecule has 2 unspecified atom stereocenters. The number of nitrogens with zero attached hydrogens (tertiary/aromatic N) is 4. The molecule has 4 heterocycles. The van der Waals surface area contributed by atoms with Crippen LogP contribution in [-0.4, -0.2) is 147 Å². The van der Waals surface area contributed by atoms with Crippen LogP contribution in [0, 0.1) is 11.6 Å². The summed E-state index contributed by atoms with van der Waals surface area (Å²) in [4.78, 5) is 67.2. The first-order valence-corrected chi connectivity index (χ1v) is 26.9. The Kier molecular flexibility index (Phi) is 21.0. The average molecular weight is 1060 g/mol. The Morgan fingerprint density at radius 2 is 0.868 bits per heavy atom. The number of rotatable bonds is 22. The van der Waals surface area contributed by atoms with Gasteiger partial charge in [-0.1, -0.05) is 48.5 Å². The zero-order chi connectivity index (χ0) is 53.2. The maximum Gasteiger partial charge on any atom is 0.418 e. The van der Waals surface area contributed by atoms with Crippen LogP contribution in [0.1, 0.15) is 99.7 Å². The highest BCUT2D eigenvalue weighted by molar-refractivity contribution is 6.30. The first kappa shape index (κ1) is 56.2. The van der Waals surface area contributed by atoms with Gasteiger partial charge in [0.25, 0.3) is 11.8 Å². The largest absolute Gasteiger partial charge is 0.494 e. The van der Waals surface area contributed by atoms with Crippen molar-refractivity contribution in [2.75, 3.05) is 78.9 Å². The van der Waals surface area contributed by atoms with Crippen molar-refractivity contribution in [1.29, 1.82) is 0 Å². The highest BCUT2D eigenvalue weighted by atomic mass is 19.1. The SMILES string of the molecule is CCOc1ccc(C(OC(=O)C(=O)OC(C(=O)N(Cc2ccc(F)cc2)C2CCN(CCC3OCCCO3)CC2)c2ccc(OCC)cc2)C(=O)N(Cc2ccc(F)cc2)C2CCN(CCC3OCCCO3)CC2)cc1. The maximum absolute atomic E-state index is 15.3. The molecule has 76 heavy (non-hydrogen) atoms. The molecule has 2 amide bonds. The minimum atomic E-state index is -1.65. The molecule has 0 N–H and O–H groups in total. The van der Waals surface area contributed by atoms with E-state index in [9.17, 15) is 18.4 Å². The standard InChI is InChI=1S/C58H72F2N4O12/c1-3-69-49-19-11-43(12-20-49)53(55(65)63(39-41-7-15-45(59)16-8-41)47-23-29-61(30-24-47)33-27-51-71-35-5-36-72-51)75-57(67)58(68)76-54(44-13-21-50(22-14-44)70-4-2)56(66)64(40-42-9-17-46(60)18-10-42)48-25-31-62(32-26-48)34-28-52-73-37-6-38-74-52/h7-22,47-48,51-54H,3-6,23-40H2,1-2H3. The molecule has 16 nitrogen and oxygen atoms in total. The molecule has 0 aliphatic carbocycles. The summed E-state index contributed by atoms with van der Waals surface area (Å²) in [6.45, 7) is 11.4. The van der Waals surface area contributed by atoms with Gasteiger partial charge in [-0.15, -0.1) is 0 Å². The Labute approximate surface area is 444 Å². The van der Waals surface area contributed by atoms with E-state index in [4.69, 9.17) is 37.9 Å². The van der Waals surface area contributed by atoms with Crippen molar-refractivity contribution in [3.05, 3.63) is 131 Å². The number of benzene rings is 4. The van der Waals surface area contributed by atoms with Crippen LogP contribution in [0.2, 0.25) is 0 Å². The van der Waals surface area contributed by atoms with Gasteiger partial charge in [-0.05, 0) is 112 Å². The number of amides is 2. The molecular weight excluding hydrogens is 983 g/mol. The van der Waals surface area contributed by atoms with Crippen molar-refractivity contribution in [3.8, 4) is 11.5 Å². The third-order valence-corrected chi connectivity index (χ3v) is 14.3. The molecule has 0 aromatic heterocycles. The van der Waals surface area contributed by atoms with Crippen molar-refractivity contribution in [3.63, 3.8) is 0 Å². The topological polar surface area (TPSA) is 155 Å². The number of carbonyl (C=O) groups is 4. The maximum atomic E-state index is 15.3. The fraction of sp³-hybridized carbons (Fsp3) is 0.517. The molecule has 8 rings (SSSR count). The zero-order valence-corrected chi connectivity index (χ0v) is 43.7. The van der Waals surface area contributed by atoms with Crippen LogP contribution < -0.4 is 9.47 Å². The van der Waals surface area contributed by atoms with Gasteiger partial charge in [0.05, 0.1) is 39.6 Å². The van der Waals surface area contributed by atoms with E-state index in [-0.39, 0.29) is 48.9 Å². The number of halogens is 2. The molecule has 0 bridgehead atoms. The van der Waals surface area contributed by atoms with E-state index < -0.39 is 47.6 Å². The molecule has 0 radical (unpaired) electrons. The summed E-state index contributed by atoms with van der Waals surface area (Å²) < 4.78 is 74.9. The molecule has 4 aromatic carbocycles. The fourth-order valence-electron chi connectivity index (χ4n) is 10.2. The lowest BCUT2D eigenvalue weighted by Crippen LogP contribution is -2.50. The predicted molar refractivity (Wildman–Crippen MR) is 276 cm³/mol. The number of ether oxygens (including phenoxy) is 8. The Balaban J connectivity index is 1.04. The smallest absolute Gasteiger partial charge is 0.418 e. The van der Waals surface area contributed by atoms with Crippen LogP contribution in [0.4, 0.5) is 8.78 Å². The van der Waals surface area contributed by atoms with Gasteiger partial charge in [-0.3, -0.25) is 9.59 Å². The molecular formula is C58H72F2N4O12. The normalized spacial score (nSPS) is 18.3. The number of hydrogen-bond acceptors (Lipinski definition) is 14. The van der Waals surface area contributed by atoms with Crippen molar-refractivity contribution in [2.24, 2.45) is 0 Å². The molecule has 4 fully saturated rings. The van der Waals surface area contributed by atoms with Crippen LogP contribution in [0.3, 0.4) is 0 Å². The Hall–Kier alpha value is -6.02. The van der Waals surface area contributed by atoms with E-state index in [1.165, 1.54) is 24.3 Å². The number of piperidine rings is 2. The molecule has 4 aliphatic rings. The summed E-state index contributed by atoms with van der Waals surface area (Å²) in [6, 6.07) is 24.1. The van der Waals surface area contributed by atoms with E-state index in [1.807, 2.05) is 13.8 Å². The molecule has 18 heteroatoms. The average Bonchev–Trinajstić information content (AvgIpc) is 3.45. The van der Waals surface area contributed by atoms with Gasteiger partial charge in [0, 0.05) is 88.4 Å². The third-order valence-electron chi connectivity index (χ3n) is 14.3. The van der Waals surface area contributed by atoms with Gasteiger partial charge in [0.15, 0.2) is 12.6 Å². The number of hydrogen-bond donors (Lipinski definition) is 0. The molecule has 4 saturated heterocycles. The highest BCUT2D eigenvalue weighted by Crippen LogP contribution is 2.32. The van der Waals surface area contributed by atoms with E-state index in [2.05, 4.69) is 9.80 Å². The summed E-state index contributed by atoms with van der Waals surface area (Å²) in [6.07, 6.45) is 1.65. The van der Waals surface area contributed by atoms with Gasteiger partial charge in [0.1, 0.15) is 23.1 Å². The minimum absolute atomic E-state index is 0.0591. The van der Waals surface area contributed by atoms with Crippen molar-refractivity contribution >= 4 is 23.8 Å². The molecule has 0 spiro atoms. The van der Waals surface area contributed by atoms with E-state index >= 15 is 9.59 Å². The van der Waals surface area contributed by atoms with Crippen LogP contribution in [0.15, 0.2) is 97.1 Å². The molecule has 4 aromatic rings. The summed E-state index contributed by atoms with van der Waals surface area (Å²) >= 11 is 0. The second kappa shape index (κ2) is 28.4. The Morgan fingerprint density at radius 3 is 1.20 bits per heavy atom. The monoisotopic (exact) mass is 1050 g/mol. The first-order valence-electron chi connectivity index (χ1n) is 26.9. The number of esters is 2. The van der Waals surface area contributed by atoms with Crippen LogP contribution in [-0.2, 0) is 60.7 Å². The lowest BCUT2D eigenvalue weighted by molar-refractivity contribution is -0.183. The fourth-order valence-corrected chi connectivity index (χ4v) is 10.2. The van der Waals surface area contributed by atoms with E-state index in [1.54, 1.807) is 82.6 Å². The van der Waals surface area contributed by atoms with Crippen LogP contribution in [0.25, 0.3) is 0 Å². The van der Waals surface area contributed by atoms with Gasteiger partial charge < -0.3 is 57.5 Å². The lowest BCUT2D eigenvalue weighted by atomic mass is 9.99. The first-order chi connectivity index (χ1) is 37.0. The lowest BCUT2D eigenvalue weighted by Gasteiger charge is -2.40. The second-order valence-corrected chi connectivity index (χ2v) is 19.5. The molecule has 410 valence electrons. The van der Waals surface area contributed by atoms with Crippen LogP contribution >= 0.6 is 0 Å². The molecule has 2 atom stereocenters. The van der Waals surface area contributed by atoms with Crippen LogP contribution in [0.5, 0.6) is 11.5 Å². The van der Waals surface area contributed by atoms with Gasteiger partial charge >= 0.3 is 11.9 Å². The highest BCUT2D eigenvalue weighted by Gasteiger charge is 2.40. The third kappa shape index (κ3) is 16.0. The van der Waals surface area contributed by atoms with Gasteiger partial charge in [-0.25, -0.2) is 18.4 Å². The quantitative estimate of drug-likeness (QED) is 0.0553. The van der Waals surface area contributed by atoms with Crippen molar-refractivity contribution in [2.45, 2.75) is 115 Å². The van der Waals surface area contributed by atoms with Crippen molar-refractivity contribution < 1.29 is 65.9 Å². The zero-order valence-electron chi connectivity index (χ0n) is 43.7. The molecule has 4 aliphatic heterocycles. The summed E-state index contributed by atoms with van der Waals surface area (Å²) in [5.41, 5.74) is 1.82. The summed E-state index contributed by atoms with van der Waals surface area (Å²) in [5.74, 6) is -4.04. The molecule has 0 saturated carbocycles. The van der Waals surface area contributed by atoms with Gasteiger partial charge in [-0.2, -0.15) is 0 Å². The van der Waals surface area contributed by atoms with E-state index in [0.717, 1.165) is 25.9 Å². The number of likely N-dealkylation sites (tertiary alicyclic amines) is 2. The summed E-state index contributed by atoms with van der Waals surface area (Å²) in [5, 5.41) is 0. The second-order valence-electron chi connectivity index (χ2n) is 19.5. The number of carbonyl (C=O) groups excluding carboxylic acids is 4. The van der Waals surface area contributed by atoms with E-state index in [0.29, 0.717) is 127 Å². The van der Waals surface area contributed by atoms with Crippen molar-refractivity contribution in [1.82, 2.24) is 19.6 Å². The predicted octanol–water partition coefficient (Wildman–Crippen LogP) is 7.92. The Morgan fingerprint density at radius 1 is 0.526 bits per heavy atom. The minimum Gasteiger partial charge on any atom is -0.494 e.